The van der Waals surface area contributed by atoms with Crippen molar-refractivity contribution in [3.05, 3.63) is 0 Å². The largest absolute Gasteiger partial charge is 0.355 e. The molecule has 1 saturated heterocycles. The Morgan fingerprint density at radius 3 is 2.36 bits per heavy atom. The summed E-state index contributed by atoms with van der Waals surface area (Å²) in [6.45, 7) is 11.3. The predicted molar refractivity (Wildman–Crippen MR) is 112 cm³/mol. The summed E-state index contributed by atoms with van der Waals surface area (Å²) < 4.78 is 25.3. The summed E-state index contributed by atoms with van der Waals surface area (Å²) in [5, 5.41) is 3.12. The minimum absolute atomic E-state index is 0. The summed E-state index contributed by atoms with van der Waals surface area (Å²) in [5.74, 6) is 0.730. The van der Waals surface area contributed by atoms with Gasteiger partial charge in [-0.1, -0.05) is 0 Å². The lowest BCUT2D eigenvalue weighted by atomic mass is 9.96. The molecule has 8 nitrogen and oxygen atoms in total. The molecule has 1 heterocycles. The number of rotatable bonds is 6. The van der Waals surface area contributed by atoms with Crippen molar-refractivity contribution in [2.24, 2.45) is 4.99 Å². The van der Waals surface area contributed by atoms with Crippen molar-refractivity contribution >= 4 is 45.9 Å². The Kier molecular flexibility index (Phi) is 9.66. The summed E-state index contributed by atoms with van der Waals surface area (Å²) in [6.07, 6.45) is 0. The lowest BCUT2D eigenvalue weighted by Gasteiger charge is -2.49. The van der Waals surface area contributed by atoms with Gasteiger partial charge in [0, 0.05) is 32.7 Å². The van der Waals surface area contributed by atoms with E-state index in [4.69, 9.17) is 0 Å². The average Bonchev–Trinajstić information content (AvgIpc) is 2.45. The normalized spacial score (nSPS) is 18.4. The molecule has 1 rings (SSSR count). The van der Waals surface area contributed by atoms with E-state index < -0.39 is 10.0 Å². The Labute approximate surface area is 168 Å². The zero-order valence-electron chi connectivity index (χ0n) is 16.0. The van der Waals surface area contributed by atoms with Crippen LogP contribution in [0.25, 0.3) is 0 Å². The number of piperazine rings is 1. The van der Waals surface area contributed by atoms with Crippen molar-refractivity contribution in [3.8, 4) is 0 Å². The molecule has 0 aromatic heterocycles. The number of nitrogens with one attached hydrogen (secondary N) is 2. The number of amides is 1. The van der Waals surface area contributed by atoms with Gasteiger partial charge < -0.3 is 15.1 Å². The fourth-order valence-electron chi connectivity index (χ4n) is 3.13. The van der Waals surface area contributed by atoms with Crippen LogP contribution in [0.15, 0.2) is 4.99 Å². The van der Waals surface area contributed by atoms with E-state index in [1.807, 2.05) is 37.5 Å². The third kappa shape index (κ3) is 6.89. The van der Waals surface area contributed by atoms with Crippen LogP contribution in [0.2, 0.25) is 0 Å². The number of halogens is 1. The molecule has 2 N–H and O–H groups in total. The van der Waals surface area contributed by atoms with Gasteiger partial charge in [-0.15, -0.1) is 24.0 Å². The van der Waals surface area contributed by atoms with E-state index >= 15 is 0 Å². The second kappa shape index (κ2) is 9.91. The molecule has 1 aliphatic heterocycles. The summed E-state index contributed by atoms with van der Waals surface area (Å²) in [7, 11) is -1.54. The molecule has 0 bridgehead atoms. The van der Waals surface area contributed by atoms with Crippen LogP contribution >= 0.6 is 24.0 Å². The Balaban J connectivity index is 0.00000576. The molecule has 0 aromatic carbocycles. The van der Waals surface area contributed by atoms with Gasteiger partial charge in [0.1, 0.15) is 0 Å². The van der Waals surface area contributed by atoms with Gasteiger partial charge >= 0.3 is 0 Å². The number of hydrogen-bond acceptors (Lipinski definition) is 4. The van der Waals surface area contributed by atoms with Gasteiger partial charge in [-0.25, -0.2) is 13.1 Å². The number of nitrogens with zero attached hydrogens (tertiary/aromatic N) is 3. The van der Waals surface area contributed by atoms with Crippen LogP contribution in [0.5, 0.6) is 0 Å². The SMILES string of the molecule is CCS(=O)(=O)NCCNC(=NC)N1CC(=O)N(C(C)C)C(C)(C)C1.I. The fraction of sp³-hybridized carbons (Fsp3) is 0.867. The fourth-order valence-corrected chi connectivity index (χ4v) is 3.75. The second-order valence-corrected chi connectivity index (χ2v) is 8.89. The van der Waals surface area contributed by atoms with Crippen LogP contribution in [0.3, 0.4) is 0 Å². The zero-order valence-corrected chi connectivity index (χ0v) is 19.1. The highest BCUT2D eigenvalue weighted by molar-refractivity contribution is 14.0. The first-order valence-electron chi connectivity index (χ1n) is 8.29. The third-order valence-corrected chi connectivity index (χ3v) is 5.37. The maximum absolute atomic E-state index is 12.5. The summed E-state index contributed by atoms with van der Waals surface area (Å²) in [6, 6.07) is 0.146. The molecule has 0 unspecified atom stereocenters. The molecule has 0 atom stereocenters. The van der Waals surface area contributed by atoms with E-state index in [0.29, 0.717) is 19.0 Å². The molecule has 0 radical (unpaired) electrons. The van der Waals surface area contributed by atoms with Crippen LogP contribution in [0.1, 0.15) is 34.6 Å². The Morgan fingerprint density at radius 1 is 1.32 bits per heavy atom. The van der Waals surface area contributed by atoms with Gasteiger partial charge in [-0.2, -0.15) is 0 Å². The minimum atomic E-state index is -3.20. The lowest BCUT2D eigenvalue weighted by molar-refractivity contribution is -0.145. The Bertz CT molecular complexity index is 578. The van der Waals surface area contributed by atoms with Crippen LogP contribution < -0.4 is 10.0 Å². The Morgan fingerprint density at radius 2 is 1.92 bits per heavy atom. The van der Waals surface area contributed by atoms with Crippen molar-refractivity contribution in [1.29, 1.82) is 0 Å². The first-order chi connectivity index (χ1) is 11.0. The molecular weight excluding hydrogens is 457 g/mol. The second-order valence-electron chi connectivity index (χ2n) is 6.80. The Hall–Kier alpha value is -0.620. The third-order valence-electron chi connectivity index (χ3n) is 3.96. The van der Waals surface area contributed by atoms with Gasteiger partial charge in [0.2, 0.25) is 15.9 Å². The molecular formula is C15H32IN5O3S. The van der Waals surface area contributed by atoms with E-state index in [0.717, 1.165) is 0 Å². The molecule has 148 valence electrons. The maximum atomic E-state index is 12.5. The summed E-state index contributed by atoms with van der Waals surface area (Å²) in [4.78, 5) is 20.5. The number of aliphatic imine (C=N–C) groups is 1. The molecule has 0 spiro atoms. The van der Waals surface area contributed by atoms with Crippen molar-refractivity contribution in [2.45, 2.75) is 46.2 Å². The number of sulfonamides is 1. The average molecular weight is 489 g/mol. The number of carbonyl (C=O) groups is 1. The summed E-state index contributed by atoms with van der Waals surface area (Å²) >= 11 is 0. The first kappa shape index (κ1) is 24.4. The van der Waals surface area contributed by atoms with Crippen LogP contribution in [0.4, 0.5) is 0 Å². The molecule has 0 aliphatic carbocycles. The highest BCUT2D eigenvalue weighted by Gasteiger charge is 2.40. The first-order valence-corrected chi connectivity index (χ1v) is 9.94. The predicted octanol–water partition coefficient (Wildman–Crippen LogP) is 0.450. The quantitative estimate of drug-likeness (QED) is 0.245. The number of carbonyl (C=O) groups excluding carboxylic acids is 1. The van der Waals surface area contributed by atoms with Crippen LogP contribution in [0, 0.1) is 0 Å². The van der Waals surface area contributed by atoms with Gasteiger partial charge in [0.15, 0.2) is 5.96 Å². The van der Waals surface area contributed by atoms with Crippen molar-refractivity contribution < 1.29 is 13.2 Å². The van der Waals surface area contributed by atoms with Crippen LogP contribution in [-0.2, 0) is 14.8 Å². The van der Waals surface area contributed by atoms with E-state index in [1.165, 1.54) is 0 Å². The van der Waals surface area contributed by atoms with E-state index in [9.17, 15) is 13.2 Å². The topological polar surface area (TPSA) is 94.1 Å². The number of guanidine groups is 1. The van der Waals surface area contributed by atoms with E-state index in [2.05, 4.69) is 15.0 Å². The van der Waals surface area contributed by atoms with Crippen molar-refractivity contribution in [2.75, 3.05) is 39.0 Å². The monoisotopic (exact) mass is 489 g/mol. The molecule has 1 fully saturated rings. The van der Waals surface area contributed by atoms with Crippen LogP contribution in [-0.4, -0.2) is 80.6 Å². The van der Waals surface area contributed by atoms with Gasteiger partial charge in [-0.3, -0.25) is 9.79 Å². The molecule has 10 heteroatoms. The van der Waals surface area contributed by atoms with Gasteiger partial charge in [0.05, 0.1) is 17.8 Å². The highest BCUT2D eigenvalue weighted by atomic mass is 127. The lowest BCUT2D eigenvalue weighted by Crippen LogP contribution is -2.66. The molecule has 0 saturated carbocycles. The molecule has 25 heavy (non-hydrogen) atoms. The van der Waals surface area contributed by atoms with Crippen molar-refractivity contribution in [3.63, 3.8) is 0 Å². The zero-order chi connectivity index (χ0) is 18.5. The smallest absolute Gasteiger partial charge is 0.242 e. The minimum Gasteiger partial charge on any atom is -0.355 e. The molecule has 1 aliphatic rings. The van der Waals surface area contributed by atoms with E-state index in [1.54, 1.807) is 14.0 Å². The van der Waals surface area contributed by atoms with Gasteiger partial charge in [-0.05, 0) is 34.6 Å². The maximum Gasteiger partial charge on any atom is 0.242 e. The molecule has 0 aromatic rings. The number of hydrogen-bond donors (Lipinski definition) is 2. The highest BCUT2D eigenvalue weighted by Crippen LogP contribution is 2.24. The van der Waals surface area contributed by atoms with E-state index in [-0.39, 0.29) is 60.3 Å². The molecule has 1 amide bonds. The summed E-state index contributed by atoms with van der Waals surface area (Å²) in [5.41, 5.74) is -0.301. The van der Waals surface area contributed by atoms with Crippen molar-refractivity contribution in [1.82, 2.24) is 19.8 Å². The standard InChI is InChI=1S/C15H31N5O3S.HI/c1-7-24(22,23)18-9-8-17-14(16-6)19-10-13(21)20(12(2)3)15(4,5)11-19;/h12,18H,7-11H2,1-6H3,(H,16,17);1H. The van der Waals surface area contributed by atoms with Gasteiger partial charge in [0.25, 0.3) is 0 Å².